The van der Waals surface area contributed by atoms with E-state index in [1.165, 1.54) is 33.5 Å². The summed E-state index contributed by atoms with van der Waals surface area (Å²) in [5.74, 6) is 0. The summed E-state index contributed by atoms with van der Waals surface area (Å²) in [5, 5.41) is 7.74. The highest BCUT2D eigenvalue weighted by Crippen LogP contribution is 2.55. The number of likely N-dealkylation sites (N-methyl/N-ethyl adjacent to an activating group) is 1. The zero-order chi connectivity index (χ0) is 22.7. The molecule has 0 saturated carbocycles. The Morgan fingerprint density at radius 2 is 1.53 bits per heavy atom. The van der Waals surface area contributed by atoms with Crippen LogP contribution in [0.5, 0.6) is 0 Å². The summed E-state index contributed by atoms with van der Waals surface area (Å²) >= 11 is 0. The molecule has 1 saturated heterocycles. The largest absolute Gasteiger partial charge is 0.350 e. The molecule has 1 aromatic heterocycles. The molecule has 2 aliphatic carbocycles. The van der Waals surface area contributed by atoms with Crippen LogP contribution in [0.2, 0.25) is 0 Å². The number of allylic oxidation sites excluding steroid dienone is 2. The van der Waals surface area contributed by atoms with E-state index in [-0.39, 0.29) is 0 Å². The van der Waals surface area contributed by atoms with Gasteiger partial charge in [0.05, 0.1) is 29.9 Å². The number of hydrogen-bond donors (Lipinski definition) is 1. The highest BCUT2D eigenvalue weighted by molar-refractivity contribution is 5.86. The lowest BCUT2D eigenvalue weighted by Gasteiger charge is -2.33. The fourth-order valence-electron chi connectivity index (χ4n) is 6.34. The molecule has 1 N–H and O–H groups in total. The summed E-state index contributed by atoms with van der Waals surface area (Å²) in [6.07, 6.45) is 10.8. The van der Waals surface area contributed by atoms with Gasteiger partial charge in [0, 0.05) is 11.9 Å². The highest BCUT2D eigenvalue weighted by atomic mass is 15.4. The third kappa shape index (κ3) is 2.54. The van der Waals surface area contributed by atoms with Gasteiger partial charge in [0.15, 0.2) is 0 Å². The lowest BCUT2D eigenvalue weighted by molar-refractivity contribution is 0.353. The molecule has 166 valence electrons. The monoisotopic (exact) mass is 442 g/mol. The minimum absolute atomic E-state index is 0.344. The number of rotatable bonds is 3. The van der Waals surface area contributed by atoms with Crippen molar-refractivity contribution in [2.75, 3.05) is 18.6 Å². The number of H-pyrrole nitrogens is 1. The number of nitrogens with one attached hydrogen (secondary N) is 1. The van der Waals surface area contributed by atoms with Crippen molar-refractivity contribution in [3.63, 3.8) is 0 Å². The van der Waals surface area contributed by atoms with Crippen LogP contribution < -0.4 is 4.90 Å². The molecule has 0 bridgehead atoms. The predicted octanol–water partition coefficient (Wildman–Crippen LogP) is 5.35. The summed E-state index contributed by atoms with van der Waals surface area (Å²) in [4.78, 5) is 4.93. The number of anilines is 1. The number of hydrogen-bond acceptors (Lipinski definition) is 3. The molecule has 2 atom stereocenters. The molecule has 0 spiro atoms. The smallest absolute Gasteiger partial charge is 0.0880 e. The summed E-state index contributed by atoms with van der Waals surface area (Å²) in [7, 11) is 2.21. The van der Waals surface area contributed by atoms with E-state index in [4.69, 9.17) is 0 Å². The minimum Gasteiger partial charge on any atom is -0.350 e. The third-order valence-corrected chi connectivity index (χ3v) is 7.79. The molecule has 2 unspecified atom stereocenters. The van der Waals surface area contributed by atoms with Crippen LogP contribution in [0.3, 0.4) is 0 Å². The maximum Gasteiger partial charge on any atom is 0.0880 e. The van der Waals surface area contributed by atoms with Gasteiger partial charge in [-0.3, -0.25) is 10.00 Å². The van der Waals surface area contributed by atoms with Gasteiger partial charge in [-0.05, 0) is 53.1 Å². The minimum atomic E-state index is -0.437. The first-order valence-corrected chi connectivity index (χ1v) is 11.9. The average molecular weight is 443 g/mol. The van der Waals surface area contributed by atoms with Gasteiger partial charge in [-0.15, -0.1) is 0 Å². The molecule has 0 amide bonds. The molecule has 7 rings (SSSR count). The molecular weight excluding hydrogens is 416 g/mol. The SMILES string of the molecule is CN1CN(c2cccc(C3(c4ccn[nH]4)c4ccccc4-c4ccccc43)c2)C2C=CC=CC21. The number of fused-ring (bicyclic) bond motifs is 4. The van der Waals surface area contributed by atoms with Gasteiger partial charge in [0.2, 0.25) is 0 Å². The van der Waals surface area contributed by atoms with Crippen molar-refractivity contribution in [3.8, 4) is 11.1 Å². The summed E-state index contributed by atoms with van der Waals surface area (Å²) in [5.41, 5.74) is 8.35. The van der Waals surface area contributed by atoms with Crippen LogP contribution in [-0.4, -0.2) is 40.9 Å². The Morgan fingerprint density at radius 3 is 2.24 bits per heavy atom. The average Bonchev–Trinajstić information content (AvgIpc) is 3.61. The van der Waals surface area contributed by atoms with Gasteiger partial charge >= 0.3 is 0 Å². The van der Waals surface area contributed by atoms with E-state index in [0.29, 0.717) is 12.1 Å². The Kier molecular flexibility index (Phi) is 4.20. The van der Waals surface area contributed by atoms with Gasteiger partial charge in [-0.25, -0.2) is 0 Å². The molecule has 0 radical (unpaired) electrons. The van der Waals surface area contributed by atoms with Gasteiger partial charge in [-0.2, -0.15) is 5.10 Å². The van der Waals surface area contributed by atoms with E-state index in [9.17, 15) is 0 Å². The van der Waals surface area contributed by atoms with Crippen LogP contribution in [0.25, 0.3) is 11.1 Å². The van der Waals surface area contributed by atoms with Crippen LogP contribution in [-0.2, 0) is 5.41 Å². The maximum atomic E-state index is 4.39. The van der Waals surface area contributed by atoms with Crippen molar-refractivity contribution in [2.24, 2.45) is 0 Å². The van der Waals surface area contributed by atoms with Crippen molar-refractivity contribution in [2.45, 2.75) is 17.5 Å². The molecule has 1 aliphatic heterocycles. The Balaban J connectivity index is 1.46. The van der Waals surface area contributed by atoms with Crippen molar-refractivity contribution >= 4 is 5.69 Å². The quantitative estimate of drug-likeness (QED) is 0.409. The lowest BCUT2D eigenvalue weighted by Crippen LogP contribution is -2.35. The molecule has 2 heterocycles. The number of nitrogens with zero attached hydrogens (tertiary/aromatic N) is 3. The van der Waals surface area contributed by atoms with E-state index in [0.717, 1.165) is 12.4 Å². The third-order valence-electron chi connectivity index (χ3n) is 7.79. The fraction of sp³-hybridized carbons (Fsp3) is 0.167. The second-order valence-electron chi connectivity index (χ2n) is 9.48. The standard InChI is InChI=1S/C30H26N4/c1-33-20-34(28-16-7-6-15-27(28)33)22-10-8-9-21(19-22)30(29-17-18-31-32-29)25-13-4-2-11-23(25)24-12-3-5-14-26(24)30/h2-19,27-28H,20H2,1H3,(H,31,32). The van der Waals surface area contributed by atoms with Gasteiger partial charge in [0.1, 0.15) is 0 Å². The first-order chi connectivity index (χ1) is 16.8. The topological polar surface area (TPSA) is 35.2 Å². The van der Waals surface area contributed by atoms with E-state index in [2.05, 4.69) is 130 Å². The van der Waals surface area contributed by atoms with E-state index in [1.807, 2.05) is 6.20 Å². The van der Waals surface area contributed by atoms with Gasteiger partial charge in [0.25, 0.3) is 0 Å². The summed E-state index contributed by atoms with van der Waals surface area (Å²) in [6, 6.07) is 29.6. The van der Waals surface area contributed by atoms with Crippen LogP contribution >= 0.6 is 0 Å². The fourth-order valence-corrected chi connectivity index (χ4v) is 6.34. The summed E-state index contributed by atoms with van der Waals surface area (Å²) in [6.45, 7) is 0.900. The van der Waals surface area contributed by atoms with E-state index >= 15 is 0 Å². The highest BCUT2D eigenvalue weighted by Gasteiger charge is 2.47. The van der Waals surface area contributed by atoms with Crippen molar-refractivity contribution in [3.05, 3.63) is 132 Å². The zero-order valence-electron chi connectivity index (χ0n) is 19.1. The second-order valence-corrected chi connectivity index (χ2v) is 9.48. The normalized spacial score (nSPS) is 22.0. The number of aromatic amines is 1. The van der Waals surface area contributed by atoms with Crippen molar-refractivity contribution < 1.29 is 0 Å². The number of aromatic nitrogens is 2. The van der Waals surface area contributed by atoms with Gasteiger partial charge < -0.3 is 4.90 Å². The predicted molar refractivity (Wildman–Crippen MR) is 137 cm³/mol. The molecular formula is C30H26N4. The van der Waals surface area contributed by atoms with Crippen molar-refractivity contribution in [1.82, 2.24) is 15.1 Å². The Hall–Kier alpha value is -3.89. The molecule has 4 heteroatoms. The zero-order valence-corrected chi connectivity index (χ0v) is 19.1. The molecule has 34 heavy (non-hydrogen) atoms. The van der Waals surface area contributed by atoms with Crippen LogP contribution in [0.1, 0.15) is 22.4 Å². The molecule has 4 aromatic rings. The second kappa shape index (κ2) is 7.31. The van der Waals surface area contributed by atoms with E-state index < -0.39 is 5.41 Å². The van der Waals surface area contributed by atoms with E-state index in [1.54, 1.807) is 0 Å². The molecule has 4 nitrogen and oxygen atoms in total. The van der Waals surface area contributed by atoms with Gasteiger partial charge in [-0.1, -0.05) is 85.0 Å². The van der Waals surface area contributed by atoms with Crippen molar-refractivity contribution in [1.29, 1.82) is 0 Å². The van der Waals surface area contributed by atoms with Crippen LogP contribution in [0.4, 0.5) is 5.69 Å². The molecule has 3 aromatic carbocycles. The first kappa shape index (κ1) is 19.6. The number of benzene rings is 3. The summed E-state index contributed by atoms with van der Waals surface area (Å²) < 4.78 is 0. The first-order valence-electron chi connectivity index (χ1n) is 11.9. The Morgan fingerprint density at radius 1 is 0.824 bits per heavy atom. The molecule has 3 aliphatic rings. The molecule has 1 fully saturated rings. The van der Waals surface area contributed by atoms with Crippen LogP contribution in [0.15, 0.2) is 109 Å². The Labute approximate surface area is 199 Å². The van der Waals surface area contributed by atoms with Crippen LogP contribution in [0, 0.1) is 0 Å². The maximum absolute atomic E-state index is 4.39. The lowest BCUT2D eigenvalue weighted by atomic mass is 9.70. The Bertz CT molecular complexity index is 1390.